The van der Waals surface area contributed by atoms with Gasteiger partial charge < -0.3 is 19.3 Å². The number of fused-ring (bicyclic) bond motifs is 5. The van der Waals surface area contributed by atoms with E-state index in [0.717, 1.165) is 11.1 Å². The van der Waals surface area contributed by atoms with Gasteiger partial charge in [-0.15, -0.1) is 0 Å². The number of rotatable bonds is 3. The third-order valence-electron chi connectivity index (χ3n) is 6.00. The molecule has 7 heteroatoms. The molecule has 0 saturated carbocycles. The summed E-state index contributed by atoms with van der Waals surface area (Å²) in [5.74, 6) is -1.11. The van der Waals surface area contributed by atoms with Crippen LogP contribution in [0.5, 0.6) is 0 Å². The molecule has 3 aliphatic rings. The molecule has 150 valence electrons. The molecule has 2 aromatic rings. The minimum Gasteiger partial charge on any atom is -0.479 e. The highest BCUT2D eigenvalue weighted by atomic mass is 16.7. The molecular formula is C22H21NO6. The highest BCUT2D eigenvalue weighted by molar-refractivity contribution is 5.79. The SMILES string of the molecule is C[C@@H]1[C@H]2O[C@@H](CN1C(=O)OCC1c3ccccc3-c3ccccc31)[C@@H](C(=O)O)O2. The van der Waals surface area contributed by atoms with E-state index in [4.69, 9.17) is 14.2 Å². The van der Waals surface area contributed by atoms with Gasteiger partial charge in [0.2, 0.25) is 0 Å². The van der Waals surface area contributed by atoms with Crippen LogP contribution in [0.4, 0.5) is 4.79 Å². The van der Waals surface area contributed by atoms with Crippen molar-refractivity contribution in [2.24, 2.45) is 0 Å². The van der Waals surface area contributed by atoms with E-state index in [1.165, 1.54) is 16.0 Å². The van der Waals surface area contributed by atoms with Crippen molar-refractivity contribution in [3.63, 3.8) is 0 Å². The summed E-state index contributed by atoms with van der Waals surface area (Å²) in [6, 6.07) is 15.9. The third kappa shape index (κ3) is 2.89. The number of carbonyl (C=O) groups is 2. The van der Waals surface area contributed by atoms with E-state index in [1.54, 1.807) is 6.92 Å². The summed E-state index contributed by atoms with van der Waals surface area (Å²) in [5, 5.41) is 9.26. The van der Waals surface area contributed by atoms with E-state index in [-0.39, 0.29) is 19.1 Å². The lowest BCUT2D eigenvalue weighted by Gasteiger charge is -2.36. The number of carboxylic acid groups (broad SMARTS) is 1. The number of benzene rings is 2. The summed E-state index contributed by atoms with van der Waals surface area (Å²) in [5.41, 5.74) is 4.62. The first kappa shape index (κ1) is 18.1. The quantitative estimate of drug-likeness (QED) is 0.860. The Bertz CT molecular complexity index is 930. The van der Waals surface area contributed by atoms with Crippen molar-refractivity contribution >= 4 is 12.1 Å². The van der Waals surface area contributed by atoms with Crippen LogP contribution in [0.3, 0.4) is 0 Å². The first-order valence-electron chi connectivity index (χ1n) is 9.70. The third-order valence-corrected chi connectivity index (χ3v) is 6.00. The zero-order valence-corrected chi connectivity index (χ0v) is 15.9. The molecule has 2 saturated heterocycles. The van der Waals surface area contributed by atoms with Crippen LogP contribution in [-0.4, -0.2) is 59.8 Å². The maximum atomic E-state index is 12.8. The molecule has 0 aromatic heterocycles. The molecule has 0 spiro atoms. The standard InChI is InChI=1S/C22H21NO6/c1-12-21-28-18(19(29-21)20(24)25)10-23(12)22(26)27-11-17-15-8-4-2-6-13(15)14-7-3-5-9-16(14)17/h2-9,12,17-19,21H,10-11H2,1H3,(H,24,25)/t12-,18+,19+,21+/m1/s1. The van der Waals surface area contributed by atoms with Crippen molar-refractivity contribution in [2.45, 2.75) is 37.4 Å². The van der Waals surface area contributed by atoms with Gasteiger partial charge in [-0.05, 0) is 29.2 Å². The molecule has 1 aliphatic carbocycles. The Morgan fingerprint density at radius 1 is 1.07 bits per heavy atom. The molecule has 29 heavy (non-hydrogen) atoms. The summed E-state index contributed by atoms with van der Waals surface area (Å²) < 4.78 is 16.7. The Balaban J connectivity index is 1.32. The first-order valence-corrected chi connectivity index (χ1v) is 9.70. The molecule has 1 amide bonds. The van der Waals surface area contributed by atoms with Crippen LogP contribution in [0.15, 0.2) is 48.5 Å². The van der Waals surface area contributed by atoms with Gasteiger partial charge in [-0.1, -0.05) is 48.5 Å². The molecular weight excluding hydrogens is 374 g/mol. The molecule has 4 atom stereocenters. The topological polar surface area (TPSA) is 85.3 Å². The molecule has 2 aliphatic heterocycles. The van der Waals surface area contributed by atoms with Crippen LogP contribution in [-0.2, 0) is 19.0 Å². The number of morpholine rings is 1. The number of ether oxygens (including phenoxy) is 3. The molecule has 2 fully saturated rings. The second kappa shape index (κ2) is 6.86. The average Bonchev–Trinajstić information content (AvgIpc) is 3.25. The molecule has 2 bridgehead atoms. The number of carbonyl (C=O) groups excluding carboxylic acids is 1. The van der Waals surface area contributed by atoms with Crippen LogP contribution in [0, 0.1) is 0 Å². The molecule has 0 radical (unpaired) electrons. The fraction of sp³-hybridized carbons (Fsp3) is 0.364. The maximum Gasteiger partial charge on any atom is 0.410 e. The van der Waals surface area contributed by atoms with Crippen LogP contribution in [0.1, 0.15) is 24.0 Å². The van der Waals surface area contributed by atoms with Gasteiger partial charge >= 0.3 is 12.1 Å². The van der Waals surface area contributed by atoms with Crippen LogP contribution >= 0.6 is 0 Å². The van der Waals surface area contributed by atoms with E-state index >= 15 is 0 Å². The Labute approximate surface area is 167 Å². The highest BCUT2D eigenvalue weighted by Gasteiger charge is 2.51. The number of carboxylic acids is 1. The van der Waals surface area contributed by atoms with Crippen molar-refractivity contribution in [1.82, 2.24) is 4.90 Å². The predicted molar refractivity (Wildman–Crippen MR) is 102 cm³/mol. The second-order valence-electron chi connectivity index (χ2n) is 7.63. The number of aliphatic carboxylic acids is 1. The van der Waals surface area contributed by atoms with Gasteiger partial charge in [-0.3, -0.25) is 4.90 Å². The van der Waals surface area contributed by atoms with Crippen molar-refractivity contribution in [3.8, 4) is 11.1 Å². The Hall–Kier alpha value is -2.90. The lowest BCUT2D eigenvalue weighted by Crippen LogP contribution is -2.53. The van der Waals surface area contributed by atoms with Crippen LogP contribution in [0.25, 0.3) is 11.1 Å². The Morgan fingerprint density at radius 3 is 2.31 bits per heavy atom. The smallest absolute Gasteiger partial charge is 0.410 e. The van der Waals surface area contributed by atoms with Gasteiger partial charge in [-0.25, -0.2) is 9.59 Å². The van der Waals surface area contributed by atoms with Crippen molar-refractivity contribution in [2.75, 3.05) is 13.2 Å². The summed E-state index contributed by atoms with van der Waals surface area (Å²) in [6.07, 6.45) is -2.98. The van der Waals surface area contributed by atoms with Crippen molar-refractivity contribution < 1.29 is 28.9 Å². The average molecular weight is 395 g/mol. The van der Waals surface area contributed by atoms with Crippen molar-refractivity contribution in [3.05, 3.63) is 59.7 Å². The largest absolute Gasteiger partial charge is 0.479 e. The molecule has 5 rings (SSSR count). The van der Waals surface area contributed by atoms with Gasteiger partial charge in [-0.2, -0.15) is 0 Å². The van der Waals surface area contributed by atoms with Gasteiger partial charge in [0.25, 0.3) is 0 Å². The molecule has 2 aromatic carbocycles. The maximum absolute atomic E-state index is 12.8. The minimum absolute atomic E-state index is 0.0255. The second-order valence-corrected chi connectivity index (χ2v) is 7.63. The van der Waals surface area contributed by atoms with E-state index < -0.39 is 36.6 Å². The number of hydrogen-bond donors (Lipinski definition) is 1. The van der Waals surface area contributed by atoms with E-state index in [0.29, 0.717) is 0 Å². The monoisotopic (exact) mass is 395 g/mol. The van der Waals surface area contributed by atoms with Gasteiger partial charge in [0.1, 0.15) is 12.7 Å². The zero-order valence-electron chi connectivity index (χ0n) is 15.9. The number of amides is 1. The summed E-state index contributed by atoms with van der Waals surface area (Å²) in [6.45, 7) is 2.12. The Morgan fingerprint density at radius 2 is 1.69 bits per heavy atom. The lowest BCUT2D eigenvalue weighted by molar-refractivity contribution is -0.154. The molecule has 1 N–H and O–H groups in total. The molecule has 2 heterocycles. The van der Waals surface area contributed by atoms with Crippen molar-refractivity contribution in [1.29, 1.82) is 0 Å². The van der Waals surface area contributed by atoms with Gasteiger partial charge in [0, 0.05) is 5.92 Å². The number of hydrogen-bond acceptors (Lipinski definition) is 5. The van der Waals surface area contributed by atoms with E-state index in [1.807, 2.05) is 24.3 Å². The number of nitrogens with zero attached hydrogens (tertiary/aromatic N) is 1. The minimum atomic E-state index is -1.08. The van der Waals surface area contributed by atoms with Crippen LogP contribution < -0.4 is 0 Å². The van der Waals surface area contributed by atoms with Gasteiger partial charge in [0.05, 0.1) is 12.6 Å². The molecule has 0 unspecified atom stereocenters. The van der Waals surface area contributed by atoms with Crippen LogP contribution in [0.2, 0.25) is 0 Å². The predicted octanol–water partition coefficient (Wildman–Crippen LogP) is 2.83. The fourth-order valence-corrected chi connectivity index (χ4v) is 4.52. The van der Waals surface area contributed by atoms with E-state index in [9.17, 15) is 14.7 Å². The fourth-order valence-electron chi connectivity index (χ4n) is 4.52. The van der Waals surface area contributed by atoms with Gasteiger partial charge in [0.15, 0.2) is 12.4 Å². The summed E-state index contributed by atoms with van der Waals surface area (Å²) >= 11 is 0. The Kier molecular flexibility index (Phi) is 4.29. The zero-order chi connectivity index (χ0) is 20.1. The highest BCUT2D eigenvalue weighted by Crippen LogP contribution is 2.44. The van der Waals surface area contributed by atoms with E-state index in [2.05, 4.69) is 24.3 Å². The normalized spacial score (nSPS) is 27.4. The first-order chi connectivity index (χ1) is 14.0. The summed E-state index contributed by atoms with van der Waals surface area (Å²) in [4.78, 5) is 25.7. The molecule has 7 nitrogen and oxygen atoms in total. The summed E-state index contributed by atoms with van der Waals surface area (Å²) in [7, 11) is 0. The lowest BCUT2D eigenvalue weighted by atomic mass is 9.98.